The molecule has 6 nitrogen and oxygen atoms in total. The van der Waals surface area contributed by atoms with E-state index in [1.54, 1.807) is 31.4 Å². The summed E-state index contributed by atoms with van der Waals surface area (Å²) in [5, 5.41) is 5.84. The Labute approximate surface area is 156 Å². The van der Waals surface area contributed by atoms with E-state index in [0.717, 1.165) is 11.4 Å². The number of anilines is 2. The van der Waals surface area contributed by atoms with Gasteiger partial charge in [0.15, 0.2) is 0 Å². The maximum atomic E-state index is 13.6. The number of amides is 1. The van der Waals surface area contributed by atoms with Crippen molar-refractivity contribution < 1.29 is 13.9 Å². The number of carbonyl (C=O) groups excluding carboxylic acids is 1. The first kappa shape index (κ1) is 18.3. The molecular weight excluding hydrogens is 347 g/mol. The highest BCUT2D eigenvalue weighted by Gasteiger charge is 2.09. The molecule has 0 saturated heterocycles. The number of rotatable bonds is 7. The molecule has 0 spiro atoms. The predicted octanol–water partition coefficient (Wildman–Crippen LogP) is 3.34. The summed E-state index contributed by atoms with van der Waals surface area (Å²) in [5.41, 5.74) is 1.59. The van der Waals surface area contributed by atoms with Crippen LogP contribution in [0.4, 0.5) is 15.9 Å². The number of aromatic nitrogens is 2. The molecule has 1 heterocycles. The summed E-state index contributed by atoms with van der Waals surface area (Å²) in [4.78, 5) is 20.4. The van der Waals surface area contributed by atoms with Crippen molar-refractivity contribution >= 4 is 17.4 Å². The molecule has 1 aromatic heterocycles. The second-order valence-electron chi connectivity index (χ2n) is 5.74. The number of carbonyl (C=O) groups is 1. The van der Waals surface area contributed by atoms with Crippen LogP contribution in [0.1, 0.15) is 16.1 Å². The molecule has 3 rings (SSSR count). The predicted molar refractivity (Wildman–Crippen MR) is 101 cm³/mol. The van der Waals surface area contributed by atoms with Crippen molar-refractivity contribution in [1.29, 1.82) is 0 Å². The first-order valence-electron chi connectivity index (χ1n) is 8.40. The summed E-state index contributed by atoms with van der Waals surface area (Å²) in [6.45, 7) is 0.311. The van der Waals surface area contributed by atoms with Gasteiger partial charge in [-0.2, -0.15) is 0 Å². The van der Waals surface area contributed by atoms with E-state index in [1.165, 1.54) is 12.4 Å². The Morgan fingerprint density at radius 3 is 2.63 bits per heavy atom. The Morgan fingerprint density at radius 1 is 1.11 bits per heavy atom. The van der Waals surface area contributed by atoms with Crippen molar-refractivity contribution in [3.05, 3.63) is 78.0 Å². The highest BCUT2D eigenvalue weighted by molar-refractivity contribution is 5.92. The van der Waals surface area contributed by atoms with E-state index in [1.807, 2.05) is 24.3 Å². The molecule has 0 aliphatic rings. The van der Waals surface area contributed by atoms with Crippen LogP contribution < -0.4 is 15.4 Å². The summed E-state index contributed by atoms with van der Waals surface area (Å²) in [6.07, 6.45) is 1.72. The van der Waals surface area contributed by atoms with Crippen molar-refractivity contribution in [3.63, 3.8) is 0 Å². The first-order valence-corrected chi connectivity index (χ1v) is 8.40. The largest absolute Gasteiger partial charge is 0.497 e. The first-order chi connectivity index (χ1) is 13.2. The Balaban J connectivity index is 1.58. The van der Waals surface area contributed by atoms with Crippen LogP contribution in [0.2, 0.25) is 0 Å². The SMILES string of the molecule is COc1ccc(Nc2cc(C(=O)NCCc3ccccc3F)ncn2)cc1. The van der Waals surface area contributed by atoms with Gasteiger partial charge in [-0.1, -0.05) is 18.2 Å². The molecule has 3 aromatic rings. The summed E-state index contributed by atoms with van der Waals surface area (Å²) < 4.78 is 18.7. The molecule has 0 fully saturated rings. The zero-order chi connectivity index (χ0) is 19.1. The average Bonchev–Trinajstić information content (AvgIpc) is 2.70. The minimum atomic E-state index is -0.341. The third-order valence-electron chi connectivity index (χ3n) is 3.90. The molecule has 1 amide bonds. The van der Waals surface area contributed by atoms with Crippen molar-refractivity contribution in [2.24, 2.45) is 0 Å². The van der Waals surface area contributed by atoms with E-state index >= 15 is 0 Å². The van der Waals surface area contributed by atoms with Crippen LogP contribution >= 0.6 is 0 Å². The summed E-state index contributed by atoms with van der Waals surface area (Å²) in [6, 6.07) is 15.4. The minimum absolute atomic E-state index is 0.231. The fourth-order valence-electron chi connectivity index (χ4n) is 2.47. The third kappa shape index (κ3) is 5.01. The number of nitrogens with one attached hydrogen (secondary N) is 2. The van der Waals surface area contributed by atoms with E-state index in [4.69, 9.17) is 4.74 Å². The quantitative estimate of drug-likeness (QED) is 0.671. The lowest BCUT2D eigenvalue weighted by molar-refractivity contribution is 0.0949. The van der Waals surface area contributed by atoms with Gasteiger partial charge in [0.25, 0.3) is 5.91 Å². The maximum absolute atomic E-state index is 13.6. The van der Waals surface area contributed by atoms with Crippen LogP contribution in [0.15, 0.2) is 60.9 Å². The smallest absolute Gasteiger partial charge is 0.270 e. The summed E-state index contributed by atoms with van der Waals surface area (Å²) >= 11 is 0. The number of hydrogen-bond acceptors (Lipinski definition) is 5. The van der Waals surface area contributed by atoms with Crippen molar-refractivity contribution in [3.8, 4) is 5.75 Å². The summed E-state index contributed by atoms with van der Waals surface area (Å²) in [5.74, 6) is 0.624. The lowest BCUT2D eigenvalue weighted by atomic mass is 10.1. The van der Waals surface area contributed by atoms with Crippen LogP contribution in [-0.2, 0) is 6.42 Å². The minimum Gasteiger partial charge on any atom is -0.497 e. The molecule has 27 heavy (non-hydrogen) atoms. The Bertz CT molecular complexity index is 916. The number of halogens is 1. The second kappa shape index (κ2) is 8.75. The molecule has 0 saturated carbocycles. The van der Waals surface area contributed by atoms with Crippen LogP contribution in [-0.4, -0.2) is 29.5 Å². The fraction of sp³-hybridized carbons (Fsp3) is 0.150. The molecule has 2 N–H and O–H groups in total. The fourth-order valence-corrected chi connectivity index (χ4v) is 2.47. The topological polar surface area (TPSA) is 76.1 Å². The summed E-state index contributed by atoms with van der Waals surface area (Å²) in [7, 11) is 1.60. The molecule has 0 radical (unpaired) electrons. The molecule has 0 unspecified atom stereocenters. The zero-order valence-electron chi connectivity index (χ0n) is 14.8. The van der Waals surface area contributed by atoms with Gasteiger partial charge >= 0.3 is 0 Å². The third-order valence-corrected chi connectivity index (χ3v) is 3.90. The molecular formula is C20H19FN4O2. The number of ether oxygens (including phenoxy) is 1. The number of hydrogen-bond donors (Lipinski definition) is 2. The standard InChI is InChI=1S/C20H19FN4O2/c1-27-16-8-6-15(7-9-16)25-19-12-18(23-13-24-19)20(26)22-11-10-14-4-2-3-5-17(14)21/h2-9,12-13H,10-11H2,1H3,(H,22,26)(H,23,24,25). The molecule has 0 aliphatic carbocycles. The van der Waals surface area contributed by atoms with Crippen LogP contribution in [0, 0.1) is 5.82 Å². The van der Waals surface area contributed by atoms with Crippen molar-refractivity contribution in [2.45, 2.75) is 6.42 Å². The van der Waals surface area contributed by atoms with E-state index in [-0.39, 0.29) is 17.4 Å². The molecule has 0 bridgehead atoms. The van der Waals surface area contributed by atoms with Gasteiger partial charge in [-0.25, -0.2) is 14.4 Å². The maximum Gasteiger partial charge on any atom is 0.270 e. The van der Waals surface area contributed by atoms with E-state index in [0.29, 0.717) is 24.3 Å². The van der Waals surface area contributed by atoms with E-state index in [9.17, 15) is 9.18 Å². The highest BCUT2D eigenvalue weighted by Crippen LogP contribution is 2.18. The van der Waals surface area contributed by atoms with Crippen LogP contribution in [0.3, 0.4) is 0 Å². The van der Waals surface area contributed by atoms with Gasteiger partial charge in [-0.05, 0) is 42.3 Å². The van der Waals surface area contributed by atoms with Gasteiger partial charge in [0.1, 0.15) is 29.4 Å². The highest BCUT2D eigenvalue weighted by atomic mass is 19.1. The van der Waals surface area contributed by atoms with Crippen molar-refractivity contribution in [1.82, 2.24) is 15.3 Å². The van der Waals surface area contributed by atoms with E-state index in [2.05, 4.69) is 20.6 Å². The van der Waals surface area contributed by atoms with Gasteiger partial charge in [-0.15, -0.1) is 0 Å². The average molecular weight is 366 g/mol. The van der Waals surface area contributed by atoms with Gasteiger partial charge < -0.3 is 15.4 Å². The van der Waals surface area contributed by atoms with Crippen LogP contribution in [0.5, 0.6) is 5.75 Å². The van der Waals surface area contributed by atoms with Crippen LogP contribution in [0.25, 0.3) is 0 Å². The Hall–Kier alpha value is -3.48. The van der Waals surface area contributed by atoms with E-state index < -0.39 is 0 Å². The molecule has 0 aliphatic heterocycles. The molecule has 7 heteroatoms. The Morgan fingerprint density at radius 2 is 1.89 bits per heavy atom. The van der Waals surface area contributed by atoms with Gasteiger partial charge in [-0.3, -0.25) is 4.79 Å². The normalized spacial score (nSPS) is 10.3. The lowest BCUT2D eigenvalue weighted by Gasteiger charge is -2.08. The van der Waals surface area contributed by atoms with Gasteiger partial charge in [0, 0.05) is 18.3 Å². The van der Waals surface area contributed by atoms with Gasteiger partial charge in [0.05, 0.1) is 7.11 Å². The monoisotopic (exact) mass is 366 g/mol. The Kier molecular flexibility index (Phi) is 5.94. The number of nitrogens with zero attached hydrogens (tertiary/aromatic N) is 2. The second-order valence-corrected chi connectivity index (χ2v) is 5.74. The van der Waals surface area contributed by atoms with Crippen molar-refractivity contribution in [2.75, 3.05) is 19.0 Å². The number of methoxy groups -OCH3 is 1. The molecule has 138 valence electrons. The molecule has 0 atom stereocenters. The zero-order valence-corrected chi connectivity index (χ0v) is 14.8. The molecule has 2 aromatic carbocycles. The van der Waals surface area contributed by atoms with Gasteiger partial charge in [0.2, 0.25) is 0 Å². The number of benzene rings is 2. The lowest BCUT2D eigenvalue weighted by Crippen LogP contribution is -2.26.